The van der Waals surface area contributed by atoms with Crippen LogP contribution in [0.5, 0.6) is 17.5 Å². The van der Waals surface area contributed by atoms with E-state index < -0.39 is 0 Å². The van der Waals surface area contributed by atoms with Gasteiger partial charge in [0.05, 0.1) is 17.0 Å². The van der Waals surface area contributed by atoms with Crippen molar-refractivity contribution < 1.29 is 24.5 Å². The molecular formula is C21H24N4O5. The van der Waals surface area contributed by atoms with Gasteiger partial charge in [-0.15, -0.1) is 0 Å². The first-order valence-electron chi connectivity index (χ1n) is 9.31. The molecule has 0 fully saturated rings. The van der Waals surface area contributed by atoms with Crippen LogP contribution in [0.2, 0.25) is 0 Å². The average molecular weight is 412 g/mol. The van der Waals surface area contributed by atoms with Crippen molar-refractivity contribution in [2.45, 2.75) is 20.3 Å². The minimum absolute atomic E-state index is 0.0437. The maximum Gasteiger partial charge on any atom is 0.257 e. The number of nitrogens with one attached hydrogen (secondary N) is 2. The van der Waals surface area contributed by atoms with Crippen LogP contribution < -0.4 is 5.32 Å². The van der Waals surface area contributed by atoms with Crippen LogP contribution in [0.25, 0.3) is 0 Å². The number of para-hydroxylation sites is 1. The highest BCUT2D eigenvalue weighted by atomic mass is 16.3. The number of furan rings is 1. The summed E-state index contributed by atoms with van der Waals surface area (Å²) >= 11 is 0. The van der Waals surface area contributed by atoms with Crippen LogP contribution in [0.15, 0.2) is 39.7 Å². The molecule has 1 amide bonds. The number of aliphatic imine (C=N–C) groups is 1. The number of benzene rings is 1. The summed E-state index contributed by atoms with van der Waals surface area (Å²) in [5.41, 5.74) is 0.907. The first-order valence-corrected chi connectivity index (χ1v) is 9.31. The molecule has 0 aliphatic heterocycles. The van der Waals surface area contributed by atoms with Crippen molar-refractivity contribution in [1.82, 2.24) is 9.88 Å². The molecule has 0 saturated carbocycles. The SMILES string of the molecule is CCC(=Nc1c(O)[nH]c(O)c1Nc1cccc(C(=O)N(C)C)c1O)c1ccc(C)o1. The number of rotatable bonds is 6. The van der Waals surface area contributed by atoms with E-state index in [-0.39, 0.29) is 46.0 Å². The maximum atomic E-state index is 12.3. The molecule has 9 heteroatoms. The number of aromatic hydroxyl groups is 3. The third kappa shape index (κ3) is 3.95. The summed E-state index contributed by atoms with van der Waals surface area (Å²) in [5.74, 6) is -0.133. The number of aromatic nitrogens is 1. The summed E-state index contributed by atoms with van der Waals surface area (Å²) in [4.78, 5) is 20.5. The number of carbonyl (C=O) groups excluding carboxylic acids is 1. The van der Waals surface area contributed by atoms with Gasteiger partial charge in [-0.05, 0) is 37.6 Å². The van der Waals surface area contributed by atoms with Crippen molar-refractivity contribution in [3.05, 3.63) is 47.4 Å². The van der Waals surface area contributed by atoms with Gasteiger partial charge in [0.15, 0.2) is 11.4 Å². The Kier molecular flexibility index (Phi) is 5.72. The van der Waals surface area contributed by atoms with E-state index in [1.54, 1.807) is 32.3 Å². The lowest BCUT2D eigenvalue weighted by molar-refractivity contribution is 0.0824. The van der Waals surface area contributed by atoms with E-state index in [2.05, 4.69) is 15.3 Å². The van der Waals surface area contributed by atoms with Crippen molar-refractivity contribution in [2.75, 3.05) is 19.4 Å². The molecular weight excluding hydrogens is 388 g/mol. The Morgan fingerprint density at radius 1 is 1.17 bits per heavy atom. The minimum atomic E-state index is -0.378. The fraction of sp³-hybridized carbons (Fsp3) is 0.238. The molecule has 0 aliphatic carbocycles. The van der Waals surface area contributed by atoms with Crippen molar-refractivity contribution in [2.24, 2.45) is 4.99 Å². The molecule has 158 valence electrons. The van der Waals surface area contributed by atoms with Gasteiger partial charge in [0.2, 0.25) is 11.8 Å². The van der Waals surface area contributed by atoms with Gasteiger partial charge in [-0.25, -0.2) is 4.99 Å². The second-order valence-corrected chi connectivity index (χ2v) is 6.89. The number of nitrogens with zero attached hydrogens (tertiary/aromatic N) is 2. The summed E-state index contributed by atoms with van der Waals surface area (Å²) in [7, 11) is 3.15. The number of phenols is 1. The zero-order valence-corrected chi connectivity index (χ0v) is 17.1. The second kappa shape index (κ2) is 8.24. The van der Waals surface area contributed by atoms with Crippen molar-refractivity contribution in [3.8, 4) is 17.5 Å². The highest BCUT2D eigenvalue weighted by Crippen LogP contribution is 2.45. The number of carbonyl (C=O) groups is 1. The molecule has 9 nitrogen and oxygen atoms in total. The molecule has 0 radical (unpaired) electrons. The second-order valence-electron chi connectivity index (χ2n) is 6.89. The molecule has 0 atom stereocenters. The fourth-order valence-corrected chi connectivity index (χ4v) is 2.92. The Balaban J connectivity index is 2.04. The van der Waals surface area contributed by atoms with Crippen LogP contribution >= 0.6 is 0 Å². The number of hydrogen-bond acceptors (Lipinski definition) is 7. The average Bonchev–Trinajstić information content (AvgIpc) is 3.24. The Hall–Kier alpha value is -3.88. The van der Waals surface area contributed by atoms with Crippen molar-refractivity contribution in [3.63, 3.8) is 0 Å². The van der Waals surface area contributed by atoms with Crippen LogP contribution in [0.3, 0.4) is 0 Å². The minimum Gasteiger partial charge on any atom is -0.505 e. The van der Waals surface area contributed by atoms with Crippen LogP contribution in [0, 0.1) is 6.92 Å². The van der Waals surface area contributed by atoms with Crippen LogP contribution in [0.4, 0.5) is 17.1 Å². The molecule has 3 rings (SSSR count). The summed E-state index contributed by atoms with van der Waals surface area (Å²) in [6, 6.07) is 8.20. The van der Waals surface area contributed by atoms with Gasteiger partial charge in [0.1, 0.15) is 17.2 Å². The predicted octanol–water partition coefficient (Wildman–Crippen LogP) is 4.01. The van der Waals surface area contributed by atoms with Crippen LogP contribution in [0.1, 0.15) is 35.2 Å². The van der Waals surface area contributed by atoms with Gasteiger partial charge < -0.3 is 30.0 Å². The van der Waals surface area contributed by atoms with Gasteiger partial charge in [0, 0.05) is 14.1 Å². The number of hydrogen-bond donors (Lipinski definition) is 5. The lowest BCUT2D eigenvalue weighted by Crippen LogP contribution is -2.21. The third-order valence-corrected chi connectivity index (χ3v) is 4.47. The van der Waals surface area contributed by atoms with Gasteiger partial charge in [-0.2, -0.15) is 0 Å². The first-order chi connectivity index (χ1) is 14.2. The molecule has 0 aliphatic rings. The normalized spacial score (nSPS) is 11.5. The Bertz CT molecular complexity index is 1110. The zero-order chi connectivity index (χ0) is 22.0. The number of aryl methyl sites for hydroxylation is 1. The number of H-pyrrole nitrogens is 1. The van der Waals surface area contributed by atoms with Gasteiger partial charge in [0.25, 0.3) is 5.91 Å². The number of anilines is 2. The molecule has 5 N–H and O–H groups in total. The molecule has 1 aromatic carbocycles. The van der Waals surface area contributed by atoms with Crippen LogP contribution in [-0.2, 0) is 0 Å². The fourth-order valence-electron chi connectivity index (χ4n) is 2.92. The van der Waals surface area contributed by atoms with E-state index in [0.717, 1.165) is 5.76 Å². The number of phenolic OH excluding ortho intramolecular Hbond substituents is 1. The molecule has 0 unspecified atom stereocenters. The van der Waals surface area contributed by atoms with Crippen molar-refractivity contribution >= 4 is 28.7 Å². The van der Waals surface area contributed by atoms with Gasteiger partial charge in [-0.1, -0.05) is 13.0 Å². The van der Waals surface area contributed by atoms with E-state index in [1.807, 2.05) is 13.8 Å². The molecule has 2 heterocycles. The molecule has 2 aromatic heterocycles. The highest BCUT2D eigenvalue weighted by molar-refractivity contribution is 6.02. The van der Waals surface area contributed by atoms with E-state index in [1.165, 1.54) is 17.0 Å². The summed E-state index contributed by atoms with van der Waals surface area (Å²) < 4.78 is 5.61. The molecule has 3 aromatic rings. The Morgan fingerprint density at radius 3 is 2.50 bits per heavy atom. The smallest absolute Gasteiger partial charge is 0.257 e. The largest absolute Gasteiger partial charge is 0.505 e. The zero-order valence-electron chi connectivity index (χ0n) is 17.1. The number of amides is 1. The number of aromatic amines is 1. The maximum absolute atomic E-state index is 12.3. The lowest BCUT2D eigenvalue weighted by Gasteiger charge is -2.14. The van der Waals surface area contributed by atoms with Gasteiger partial charge in [-0.3, -0.25) is 9.78 Å². The summed E-state index contributed by atoms with van der Waals surface area (Å²) in [5, 5.41) is 33.9. The summed E-state index contributed by atoms with van der Waals surface area (Å²) in [6.07, 6.45) is 0.510. The Morgan fingerprint density at radius 2 is 1.90 bits per heavy atom. The van der Waals surface area contributed by atoms with E-state index in [9.17, 15) is 20.1 Å². The van der Waals surface area contributed by atoms with Crippen molar-refractivity contribution in [1.29, 1.82) is 0 Å². The molecule has 0 bridgehead atoms. The summed E-state index contributed by atoms with van der Waals surface area (Å²) in [6.45, 7) is 3.70. The molecule has 0 saturated heterocycles. The topological polar surface area (TPSA) is 134 Å². The van der Waals surface area contributed by atoms with E-state index in [0.29, 0.717) is 17.9 Å². The van der Waals surface area contributed by atoms with E-state index in [4.69, 9.17) is 4.42 Å². The van der Waals surface area contributed by atoms with E-state index >= 15 is 0 Å². The highest BCUT2D eigenvalue weighted by Gasteiger charge is 2.22. The third-order valence-electron chi connectivity index (χ3n) is 4.47. The predicted molar refractivity (Wildman–Crippen MR) is 113 cm³/mol. The van der Waals surface area contributed by atoms with Gasteiger partial charge >= 0.3 is 0 Å². The quantitative estimate of drug-likeness (QED) is 0.307. The van der Waals surface area contributed by atoms with Crippen LogP contribution in [-0.4, -0.2) is 50.9 Å². The molecule has 0 spiro atoms. The Labute approximate surface area is 173 Å². The monoisotopic (exact) mass is 412 g/mol. The first kappa shape index (κ1) is 20.8. The standard InChI is InChI=1S/C21H24N4O5/c1-5-13(15-10-9-11(2)30-15)22-16-17(20(28)24-19(16)27)23-14-8-6-7-12(18(14)26)21(29)25(3)4/h6-10,23-24,26-28H,5H2,1-4H3. The lowest BCUT2D eigenvalue weighted by atomic mass is 10.1. The molecule has 30 heavy (non-hydrogen) atoms.